The molecule has 0 bridgehead atoms. The van der Waals surface area contributed by atoms with Crippen molar-refractivity contribution < 1.29 is 9.53 Å². The van der Waals surface area contributed by atoms with Gasteiger partial charge in [-0.2, -0.15) is 0 Å². The molecular weight excluding hydrogens is 104 g/mol. The largest absolute Gasteiger partial charge is 0.437 e. The maximum Gasteiger partial charge on any atom is 0.297 e. The SMILES string of the molecule is CC=CC=COC=O. The first-order valence-electron chi connectivity index (χ1n) is 2.28. The molecule has 0 saturated heterocycles. The molecule has 0 aliphatic heterocycles. The molecule has 0 saturated carbocycles. The van der Waals surface area contributed by atoms with E-state index in [0.717, 1.165) is 0 Å². The van der Waals surface area contributed by atoms with E-state index in [1.54, 1.807) is 12.2 Å². The Bertz CT molecular complexity index is 103. The molecule has 0 atom stereocenters. The van der Waals surface area contributed by atoms with E-state index >= 15 is 0 Å². The fourth-order valence-corrected chi connectivity index (χ4v) is 0.234. The van der Waals surface area contributed by atoms with E-state index < -0.39 is 0 Å². The highest BCUT2D eigenvalue weighted by molar-refractivity contribution is 5.38. The maximum atomic E-state index is 9.47. The number of rotatable bonds is 3. The van der Waals surface area contributed by atoms with Crippen LogP contribution in [0.3, 0.4) is 0 Å². The number of allylic oxidation sites excluding steroid dienone is 3. The highest BCUT2D eigenvalue weighted by Gasteiger charge is 1.62. The van der Waals surface area contributed by atoms with Crippen LogP contribution in [0.15, 0.2) is 24.5 Å². The predicted octanol–water partition coefficient (Wildman–Crippen LogP) is 1.25. The van der Waals surface area contributed by atoms with Crippen molar-refractivity contribution in [3.63, 3.8) is 0 Å². The van der Waals surface area contributed by atoms with Gasteiger partial charge in [-0.3, -0.25) is 4.79 Å². The second kappa shape index (κ2) is 5.95. The Hall–Kier alpha value is -1.05. The van der Waals surface area contributed by atoms with Crippen LogP contribution in [-0.4, -0.2) is 6.47 Å². The Morgan fingerprint density at radius 3 is 2.62 bits per heavy atom. The van der Waals surface area contributed by atoms with E-state index in [9.17, 15) is 4.79 Å². The van der Waals surface area contributed by atoms with Crippen molar-refractivity contribution in [2.24, 2.45) is 0 Å². The normalized spacial score (nSPS) is 10.6. The van der Waals surface area contributed by atoms with Gasteiger partial charge >= 0.3 is 0 Å². The third-order valence-corrected chi connectivity index (χ3v) is 0.516. The monoisotopic (exact) mass is 112 g/mol. The van der Waals surface area contributed by atoms with Crippen molar-refractivity contribution in [2.75, 3.05) is 0 Å². The number of carbonyl (C=O) groups is 1. The summed E-state index contributed by atoms with van der Waals surface area (Å²) in [6.07, 6.45) is 6.55. The van der Waals surface area contributed by atoms with Crippen molar-refractivity contribution >= 4 is 6.47 Å². The summed E-state index contributed by atoms with van der Waals surface area (Å²) in [7, 11) is 0. The fraction of sp³-hybridized carbons (Fsp3) is 0.167. The standard InChI is InChI=1S/C6H8O2/c1-2-3-4-5-8-6-7/h2-6H,1H3. The fourth-order valence-electron chi connectivity index (χ4n) is 0.234. The lowest BCUT2D eigenvalue weighted by molar-refractivity contribution is -0.123. The molecule has 0 spiro atoms. The third kappa shape index (κ3) is 4.95. The Morgan fingerprint density at radius 1 is 1.38 bits per heavy atom. The number of hydrogen-bond acceptors (Lipinski definition) is 2. The first kappa shape index (κ1) is 6.95. The molecule has 0 radical (unpaired) electrons. The van der Waals surface area contributed by atoms with Gasteiger partial charge in [0, 0.05) is 0 Å². The van der Waals surface area contributed by atoms with Gasteiger partial charge < -0.3 is 4.74 Å². The minimum absolute atomic E-state index is 0.375. The molecule has 8 heavy (non-hydrogen) atoms. The summed E-state index contributed by atoms with van der Waals surface area (Å²) in [6.45, 7) is 2.26. The van der Waals surface area contributed by atoms with Crippen molar-refractivity contribution in [1.29, 1.82) is 0 Å². The lowest BCUT2D eigenvalue weighted by Crippen LogP contribution is -1.69. The van der Waals surface area contributed by atoms with Gasteiger partial charge in [-0.05, 0) is 13.0 Å². The molecule has 0 amide bonds. The van der Waals surface area contributed by atoms with Crippen molar-refractivity contribution in [3.05, 3.63) is 24.5 Å². The molecule has 0 heterocycles. The summed E-state index contributed by atoms with van der Waals surface area (Å²) in [4.78, 5) is 9.47. The zero-order valence-electron chi connectivity index (χ0n) is 4.70. The molecule has 0 unspecified atom stereocenters. The summed E-state index contributed by atoms with van der Waals surface area (Å²) in [6, 6.07) is 0. The van der Waals surface area contributed by atoms with Crippen LogP contribution in [0.5, 0.6) is 0 Å². The van der Waals surface area contributed by atoms with Crippen LogP contribution >= 0.6 is 0 Å². The van der Waals surface area contributed by atoms with Crippen LogP contribution < -0.4 is 0 Å². The maximum absolute atomic E-state index is 9.47. The molecule has 2 nitrogen and oxygen atoms in total. The highest BCUT2D eigenvalue weighted by Crippen LogP contribution is 1.74. The molecule has 0 rings (SSSR count). The number of ether oxygens (including phenoxy) is 1. The average Bonchev–Trinajstić information content (AvgIpc) is 1.81. The van der Waals surface area contributed by atoms with Crippen molar-refractivity contribution in [3.8, 4) is 0 Å². The number of hydrogen-bond donors (Lipinski definition) is 0. The molecule has 0 aromatic rings. The number of carbonyl (C=O) groups excluding carboxylic acids is 1. The summed E-state index contributed by atoms with van der Waals surface area (Å²) in [5, 5.41) is 0. The topological polar surface area (TPSA) is 26.3 Å². The minimum Gasteiger partial charge on any atom is -0.437 e. The zero-order chi connectivity index (χ0) is 6.24. The first-order valence-corrected chi connectivity index (χ1v) is 2.28. The summed E-state index contributed by atoms with van der Waals surface area (Å²) >= 11 is 0. The van der Waals surface area contributed by atoms with E-state index in [4.69, 9.17) is 0 Å². The Kier molecular flexibility index (Phi) is 5.17. The van der Waals surface area contributed by atoms with Gasteiger partial charge in [-0.25, -0.2) is 0 Å². The van der Waals surface area contributed by atoms with Gasteiger partial charge in [0.05, 0.1) is 6.26 Å². The molecule has 0 aliphatic rings. The Balaban J connectivity index is 3.19. The quantitative estimate of drug-likeness (QED) is 0.312. The second-order valence-electron chi connectivity index (χ2n) is 1.09. The van der Waals surface area contributed by atoms with E-state index in [1.165, 1.54) is 6.26 Å². The smallest absolute Gasteiger partial charge is 0.297 e. The molecule has 44 valence electrons. The average molecular weight is 112 g/mol. The lowest BCUT2D eigenvalue weighted by Gasteiger charge is -1.77. The van der Waals surface area contributed by atoms with E-state index in [1.807, 2.05) is 13.0 Å². The van der Waals surface area contributed by atoms with Gasteiger partial charge in [0.25, 0.3) is 6.47 Å². The summed E-state index contributed by atoms with van der Waals surface area (Å²) in [5.41, 5.74) is 0. The van der Waals surface area contributed by atoms with Crippen molar-refractivity contribution in [1.82, 2.24) is 0 Å². The molecule has 0 N–H and O–H groups in total. The molecule has 2 heteroatoms. The Morgan fingerprint density at radius 2 is 2.12 bits per heavy atom. The second-order valence-corrected chi connectivity index (χ2v) is 1.09. The van der Waals surface area contributed by atoms with E-state index in [-0.39, 0.29) is 0 Å². The van der Waals surface area contributed by atoms with Gasteiger partial charge in [0.2, 0.25) is 0 Å². The van der Waals surface area contributed by atoms with E-state index in [0.29, 0.717) is 6.47 Å². The molecule has 0 aliphatic carbocycles. The summed E-state index contributed by atoms with van der Waals surface area (Å²) in [5.74, 6) is 0. The van der Waals surface area contributed by atoms with Gasteiger partial charge in [0.15, 0.2) is 0 Å². The predicted molar refractivity (Wildman–Crippen MR) is 31.1 cm³/mol. The Labute approximate surface area is 48.5 Å². The molecule has 0 aromatic carbocycles. The van der Waals surface area contributed by atoms with Gasteiger partial charge in [-0.15, -0.1) is 0 Å². The van der Waals surface area contributed by atoms with Crippen LogP contribution in [0.1, 0.15) is 6.92 Å². The zero-order valence-corrected chi connectivity index (χ0v) is 4.70. The molecule has 0 aromatic heterocycles. The lowest BCUT2D eigenvalue weighted by atomic mass is 10.5. The minimum atomic E-state index is 0.375. The third-order valence-electron chi connectivity index (χ3n) is 0.516. The van der Waals surface area contributed by atoms with Crippen LogP contribution in [-0.2, 0) is 9.53 Å². The van der Waals surface area contributed by atoms with Crippen LogP contribution in [0.2, 0.25) is 0 Å². The van der Waals surface area contributed by atoms with Crippen molar-refractivity contribution in [2.45, 2.75) is 6.92 Å². The van der Waals surface area contributed by atoms with Crippen LogP contribution in [0.25, 0.3) is 0 Å². The van der Waals surface area contributed by atoms with E-state index in [2.05, 4.69) is 4.74 Å². The first-order chi connectivity index (χ1) is 3.91. The highest BCUT2D eigenvalue weighted by atomic mass is 16.5. The van der Waals surface area contributed by atoms with Crippen LogP contribution in [0.4, 0.5) is 0 Å². The molecular formula is C6H8O2. The van der Waals surface area contributed by atoms with Gasteiger partial charge in [-0.1, -0.05) is 12.2 Å². The van der Waals surface area contributed by atoms with Crippen LogP contribution in [0, 0.1) is 0 Å². The molecule has 0 fully saturated rings. The summed E-state index contributed by atoms with van der Waals surface area (Å²) < 4.78 is 4.22. The van der Waals surface area contributed by atoms with Gasteiger partial charge in [0.1, 0.15) is 0 Å².